The Balaban J connectivity index is 2.50. The van der Waals surface area contributed by atoms with Gasteiger partial charge in [0.05, 0.1) is 10.6 Å². The van der Waals surface area contributed by atoms with Crippen molar-refractivity contribution in [1.82, 2.24) is 5.32 Å². The first kappa shape index (κ1) is 20.0. The second-order valence-corrected chi connectivity index (χ2v) is 8.97. The van der Waals surface area contributed by atoms with E-state index >= 15 is 0 Å². The molecule has 1 amide bonds. The Morgan fingerprint density at radius 2 is 1.58 bits per heavy atom. The zero-order chi connectivity index (χ0) is 19.4. The summed E-state index contributed by atoms with van der Waals surface area (Å²) in [7, 11) is -3.86. The predicted molar refractivity (Wildman–Crippen MR) is 105 cm³/mol. The summed E-state index contributed by atoms with van der Waals surface area (Å²) in [5.41, 5.74) is 0.960. The third kappa shape index (κ3) is 4.85. The molecule has 5 nitrogen and oxygen atoms in total. The smallest absolute Gasteiger partial charge is 0.264 e. The van der Waals surface area contributed by atoms with Crippen molar-refractivity contribution in [3.63, 3.8) is 0 Å². The topological polar surface area (TPSA) is 66.5 Å². The molecule has 0 aliphatic rings. The third-order valence-corrected chi connectivity index (χ3v) is 5.55. The number of amides is 1. The number of anilines is 1. The number of rotatable bonds is 6. The van der Waals surface area contributed by atoms with Crippen LogP contribution in [0.4, 0.5) is 5.69 Å². The molecular formula is C20H26N2O3S. The van der Waals surface area contributed by atoms with E-state index in [1.807, 2.05) is 39.8 Å². The minimum absolute atomic E-state index is 0.162. The minimum atomic E-state index is -3.86. The second kappa shape index (κ2) is 7.91. The van der Waals surface area contributed by atoms with Gasteiger partial charge in [-0.2, -0.15) is 0 Å². The van der Waals surface area contributed by atoms with Gasteiger partial charge in [0.15, 0.2) is 0 Å². The van der Waals surface area contributed by atoms with Crippen LogP contribution >= 0.6 is 0 Å². The van der Waals surface area contributed by atoms with Crippen LogP contribution in [0.5, 0.6) is 0 Å². The molecule has 140 valence electrons. The number of para-hydroxylation sites is 1. The van der Waals surface area contributed by atoms with Gasteiger partial charge >= 0.3 is 0 Å². The number of aryl methyl sites for hydroxylation is 1. The zero-order valence-electron chi connectivity index (χ0n) is 15.7. The molecule has 0 saturated carbocycles. The Kier molecular flexibility index (Phi) is 6.08. The fourth-order valence-electron chi connectivity index (χ4n) is 2.66. The van der Waals surface area contributed by atoms with Crippen LogP contribution in [0, 0.1) is 0 Å². The molecule has 2 aromatic rings. The van der Waals surface area contributed by atoms with E-state index in [9.17, 15) is 13.2 Å². The van der Waals surface area contributed by atoms with Crippen molar-refractivity contribution >= 4 is 21.6 Å². The number of sulfonamides is 1. The van der Waals surface area contributed by atoms with Gasteiger partial charge in [0.25, 0.3) is 10.0 Å². The molecule has 0 fully saturated rings. The quantitative estimate of drug-likeness (QED) is 0.843. The molecule has 2 aromatic carbocycles. The van der Waals surface area contributed by atoms with Crippen LogP contribution < -0.4 is 9.62 Å². The van der Waals surface area contributed by atoms with E-state index in [1.54, 1.807) is 42.5 Å². The lowest BCUT2D eigenvalue weighted by molar-refractivity contribution is -0.121. The lowest BCUT2D eigenvalue weighted by Crippen LogP contribution is -2.47. The van der Waals surface area contributed by atoms with Gasteiger partial charge in [-0.1, -0.05) is 43.3 Å². The Labute approximate surface area is 156 Å². The molecule has 1 N–H and O–H groups in total. The number of nitrogens with zero attached hydrogens (tertiary/aromatic N) is 1. The molecule has 26 heavy (non-hydrogen) atoms. The number of carbonyl (C=O) groups is 1. The Bertz CT molecular complexity index is 856. The number of carbonyl (C=O) groups excluding carboxylic acids is 1. The minimum Gasteiger partial charge on any atom is -0.350 e. The van der Waals surface area contributed by atoms with Gasteiger partial charge in [0, 0.05) is 5.54 Å². The molecule has 0 heterocycles. The number of benzene rings is 2. The standard InChI is InChI=1S/C20H26N2O3S/c1-5-16-11-9-10-14-18(16)22(15-19(23)21-20(2,3)4)26(24,25)17-12-7-6-8-13-17/h6-14H,5,15H2,1-4H3,(H,21,23). The highest BCUT2D eigenvalue weighted by atomic mass is 32.2. The highest BCUT2D eigenvalue weighted by Gasteiger charge is 2.29. The number of hydrogen-bond donors (Lipinski definition) is 1. The molecule has 0 spiro atoms. The van der Waals surface area contributed by atoms with Gasteiger partial charge in [-0.15, -0.1) is 0 Å². The summed E-state index contributed by atoms with van der Waals surface area (Å²) in [5.74, 6) is -0.345. The van der Waals surface area contributed by atoms with Crippen LogP contribution in [0.25, 0.3) is 0 Å². The molecule has 0 atom stereocenters. The summed E-state index contributed by atoms with van der Waals surface area (Å²) in [6.07, 6.45) is 0.665. The van der Waals surface area contributed by atoms with Gasteiger partial charge in [-0.25, -0.2) is 8.42 Å². The van der Waals surface area contributed by atoms with Crippen molar-refractivity contribution in [2.75, 3.05) is 10.8 Å². The molecular weight excluding hydrogens is 348 g/mol. The highest BCUT2D eigenvalue weighted by Crippen LogP contribution is 2.27. The summed E-state index contributed by atoms with van der Waals surface area (Å²) in [4.78, 5) is 12.7. The Morgan fingerprint density at radius 1 is 1.00 bits per heavy atom. The Morgan fingerprint density at radius 3 is 2.15 bits per heavy atom. The van der Waals surface area contributed by atoms with Gasteiger partial charge in [0.2, 0.25) is 5.91 Å². The van der Waals surface area contributed by atoms with E-state index in [1.165, 1.54) is 4.31 Å². The maximum absolute atomic E-state index is 13.2. The first-order valence-corrected chi connectivity index (χ1v) is 10.1. The molecule has 2 rings (SSSR count). The predicted octanol–water partition coefficient (Wildman–Crippen LogP) is 3.36. The lowest BCUT2D eigenvalue weighted by atomic mass is 10.1. The van der Waals surface area contributed by atoms with Crippen LogP contribution in [0.15, 0.2) is 59.5 Å². The summed E-state index contributed by atoms with van der Waals surface area (Å²) >= 11 is 0. The number of nitrogens with one attached hydrogen (secondary N) is 1. The highest BCUT2D eigenvalue weighted by molar-refractivity contribution is 7.92. The summed E-state index contributed by atoms with van der Waals surface area (Å²) in [6, 6.07) is 15.5. The van der Waals surface area contributed by atoms with Crippen LogP contribution in [-0.2, 0) is 21.2 Å². The first-order valence-electron chi connectivity index (χ1n) is 8.62. The molecule has 0 bridgehead atoms. The third-order valence-electron chi connectivity index (χ3n) is 3.77. The van der Waals surface area contributed by atoms with Crippen LogP contribution in [-0.4, -0.2) is 26.4 Å². The van der Waals surface area contributed by atoms with Gasteiger partial charge in [0.1, 0.15) is 6.54 Å². The molecule has 0 aliphatic heterocycles. The van der Waals surface area contributed by atoms with E-state index in [-0.39, 0.29) is 17.3 Å². The van der Waals surface area contributed by atoms with Crippen molar-refractivity contribution in [1.29, 1.82) is 0 Å². The molecule has 0 aliphatic carbocycles. The maximum atomic E-state index is 13.2. The lowest BCUT2D eigenvalue weighted by Gasteiger charge is -2.28. The largest absolute Gasteiger partial charge is 0.350 e. The van der Waals surface area contributed by atoms with Crippen molar-refractivity contribution in [2.24, 2.45) is 0 Å². The normalized spacial score (nSPS) is 11.8. The first-order chi connectivity index (χ1) is 12.1. The molecule has 0 radical (unpaired) electrons. The average molecular weight is 375 g/mol. The van der Waals surface area contributed by atoms with Gasteiger partial charge < -0.3 is 5.32 Å². The zero-order valence-corrected chi connectivity index (χ0v) is 16.5. The van der Waals surface area contributed by atoms with Crippen molar-refractivity contribution in [2.45, 2.75) is 44.6 Å². The Hall–Kier alpha value is -2.34. The second-order valence-electron chi connectivity index (χ2n) is 7.11. The fraction of sp³-hybridized carbons (Fsp3) is 0.350. The molecule has 0 aromatic heterocycles. The molecule has 6 heteroatoms. The van der Waals surface area contributed by atoms with Gasteiger partial charge in [-0.05, 0) is 51.0 Å². The maximum Gasteiger partial charge on any atom is 0.264 e. The van der Waals surface area contributed by atoms with E-state index < -0.39 is 15.6 Å². The SMILES string of the molecule is CCc1ccccc1N(CC(=O)NC(C)(C)C)S(=O)(=O)c1ccccc1. The fourth-order valence-corrected chi connectivity index (χ4v) is 4.14. The van der Waals surface area contributed by atoms with Gasteiger partial charge in [-0.3, -0.25) is 9.10 Å². The van der Waals surface area contributed by atoms with Crippen LogP contribution in [0.1, 0.15) is 33.3 Å². The van der Waals surface area contributed by atoms with Crippen molar-refractivity contribution in [3.8, 4) is 0 Å². The van der Waals surface area contributed by atoms with Crippen molar-refractivity contribution in [3.05, 3.63) is 60.2 Å². The summed E-state index contributed by atoms with van der Waals surface area (Å²) in [6.45, 7) is 7.27. The van der Waals surface area contributed by atoms with E-state index in [0.717, 1.165) is 5.56 Å². The summed E-state index contributed by atoms with van der Waals surface area (Å²) in [5, 5.41) is 2.84. The van der Waals surface area contributed by atoms with Crippen LogP contribution in [0.3, 0.4) is 0 Å². The number of hydrogen-bond acceptors (Lipinski definition) is 3. The molecule has 0 unspecified atom stereocenters. The van der Waals surface area contributed by atoms with Crippen LogP contribution in [0.2, 0.25) is 0 Å². The molecule has 0 saturated heterocycles. The van der Waals surface area contributed by atoms with E-state index in [2.05, 4.69) is 5.32 Å². The van der Waals surface area contributed by atoms with E-state index in [0.29, 0.717) is 12.1 Å². The monoisotopic (exact) mass is 374 g/mol. The average Bonchev–Trinajstić information content (AvgIpc) is 2.59. The van der Waals surface area contributed by atoms with Crippen molar-refractivity contribution < 1.29 is 13.2 Å². The summed E-state index contributed by atoms with van der Waals surface area (Å²) < 4.78 is 27.7. The van der Waals surface area contributed by atoms with E-state index in [4.69, 9.17) is 0 Å².